The Kier molecular flexibility index (Phi) is 4.66. The van der Waals surface area contributed by atoms with Gasteiger partial charge in [0.05, 0.1) is 12.2 Å². The minimum Gasteiger partial charge on any atom is -0.322 e. The summed E-state index contributed by atoms with van der Waals surface area (Å²) in [6.45, 7) is -0.336. The van der Waals surface area contributed by atoms with Gasteiger partial charge in [-0.3, -0.25) is 4.90 Å². The molecule has 1 heterocycles. The van der Waals surface area contributed by atoms with Crippen molar-refractivity contribution in [1.82, 2.24) is 9.80 Å². The number of halogens is 4. The predicted molar refractivity (Wildman–Crippen MR) is 69.5 cm³/mol. The number of nitrogens with one attached hydrogen (secondary N) is 1. The second-order valence-electron chi connectivity index (χ2n) is 4.79. The Balaban J connectivity index is 1.85. The molecule has 4 nitrogen and oxygen atoms in total. The monoisotopic (exact) mass is 305 g/mol. The van der Waals surface area contributed by atoms with Crippen molar-refractivity contribution in [2.45, 2.75) is 6.18 Å². The van der Waals surface area contributed by atoms with Crippen LogP contribution in [0.4, 0.5) is 28.0 Å². The van der Waals surface area contributed by atoms with Crippen LogP contribution in [-0.2, 0) is 0 Å². The topological polar surface area (TPSA) is 35.6 Å². The number of hydrogen-bond donors (Lipinski definition) is 1. The minimum atomic E-state index is -4.24. The first-order valence-corrected chi connectivity index (χ1v) is 6.45. The molecule has 0 radical (unpaired) electrons. The number of para-hydroxylation sites is 1. The van der Waals surface area contributed by atoms with Crippen LogP contribution in [0.5, 0.6) is 0 Å². The van der Waals surface area contributed by atoms with E-state index in [4.69, 9.17) is 0 Å². The largest absolute Gasteiger partial charge is 0.401 e. The van der Waals surface area contributed by atoms with E-state index in [1.54, 1.807) is 6.07 Å². The third-order valence-electron chi connectivity index (χ3n) is 3.18. The van der Waals surface area contributed by atoms with Crippen LogP contribution < -0.4 is 5.32 Å². The fourth-order valence-corrected chi connectivity index (χ4v) is 2.12. The quantitative estimate of drug-likeness (QED) is 0.852. The fraction of sp³-hybridized carbons (Fsp3) is 0.462. The molecular weight excluding hydrogens is 290 g/mol. The Hall–Kier alpha value is -1.83. The first-order valence-electron chi connectivity index (χ1n) is 6.45. The Morgan fingerprint density at radius 1 is 1.14 bits per heavy atom. The van der Waals surface area contributed by atoms with Gasteiger partial charge in [-0.1, -0.05) is 12.1 Å². The van der Waals surface area contributed by atoms with E-state index < -0.39 is 24.6 Å². The van der Waals surface area contributed by atoms with E-state index >= 15 is 0 Å². The molecule has 0 saturated carbocycles. The molecule has 0 bridgehead atoms. The highest BCUT2D eigenvalue weighted by Crippen LogP contribution is 2.18. The molecule has 1 fully saturated rings. The summed E-state index contributed by atoms with van der Waals surface area (Å²) in [7, 11) is 0. The van der Waals surface area contributed by atoms with Crippen LogP contribution in [0, 0.1) is 5.82 Å². The molecule has 1 aliphatic rings. The number of carbonyl (C=O) groups is 1. The Morgan fingerprint density at radius 2 is 1.76 bits per heavy atom. The molecule has 0 spiro atoms. The van der Waals surface area contributed by atoms with Crippen LogP contribution in [0.25, 0.3) is 0 Å². The first-order chi connectivity index (χ1) is 9.85. The summed E-state index contributed by atoms with van der Waals surface area (Å²) in [5.41, 5.74) is 0.0558. The molecule has 0 aliphatic carbocycles. The van der Waals surface area contributed by atoms with Gasteiger partial charge in [0.2, 0.25) is 0 Å². The molecule has 1 aromatic carbocycles. The molecule has 1 saturated heterocycles. The van der Waals surface area contributed by atoms with Gasteiger partial charge in [0, 0.05) is 26.2 Å². The molecule has 2 rings (SSSR count). The number of amides is 2. The van der Waals surface area contributed by atoms with Crippen molar-refractivity contribution in [2.75, 3.05) is 38.0 Å². The fourth-order valence-electron chi connectivity index (χ4n) is 2.12. The summed E-state index contributed by atoms with van der Waals surface area (Å²) in [4.78, 5) is 14.5. The van der Waals surface area contributed by atoms with Gasteiger partial charge in [-0.15, -0.1) is 0 Å². The van der Waals surface area contributed by atoms with Gasteiger partial charge in [-0.05, 0) is 12.1 Å². The summed E-state index contributed by atoms with van der Waals surface area (Å²) >= 11 is 0. The van der Waals surface area contributed by atoms with E-state index in [9.17, 15) is 22.4 Å². The number of benzene rings is 1. The lowest BCUT2D eigenvalue weighted by molar-refractivity contribution is -0.148. The Morgan fingerprint density at radius 3 is 2.33 bits per heavy atom. The smallest absolute Gasteiger partial charge is 0.322 e. The SMILES string of the molecule is O=C(Nc1ccccc1F)N1CCN(CC(F)(F)F)CC1. The van der Waals surface area contributed by atoms with Crippen LogP contribution in [0.1, 0.15) is 0 Å². The van der Waals surface area contributed by atoms with E-state index in [-0.39, 0.29) is 31.9 Å². The summed E-state index contributed by atoms with van der Waals surface area (Å²) in [6.07, 6.45) is -4.24. The van der Waals surface area contributed by atoms with Crippen molar-refractivity contribution in [3.63, 3.8) is 0 Å². The zero-order chi connectivity index (χ0) is 15.5. The maximum Gasteiger partial charge on any atom is 0.401 e. The average Bonchev–Trinajstić information content (AvgIpc) is 2.40. The highest BCUT2D eigenvalue weighted by atomic mass is 19.4. The second-order valence-corrected chi connectivity index (χ2v) is 4.79. The first kappa shape index (κ1) is 15.6. The van der Waals surface area contributed by atoms with Crippen molar-refractivity contribution in [3.8, 4) is 0 Å². The normalized spacial score (nSPS) is 16.9. The number of hydrogen-bond acceptors (Lipinski definition) is 2. The lowest BCUT2D eigenvalue weighted by atomic mass is 10.3. The second kappa shape index (κ2) is 6.30. The molecule has 116 valence electrons. The van der Waals surface area contributed by atoms with Gasteiger partial charge in [-0.25, -0.2) is 9.18 Å². The van der Waals surface area contributed by atoms with Gasteiger partial charge in [0.1, 0.15) is 5.82 Å². The van der Waals surface area contributed by atoms with Crippen molar-refractivity contribution in [3.05, 3.63) is 30.1 Å². The Labute approximate surface area is 119 Å². The standard InChI is InChI=1S/C13H15F4N3O/c14-10-3-1-2-4-11(10)18-12(21)20-7-5-19(6-8-20)9-13(15,16)17/h1-4H,5-9H2,(H,18,21). The highest BCUT2D eigenvalue weighted by Gasteiger charge is 2.32. The average molecular weight is 305 g/mol. The summed E-state index contributed by atoms with van der Waals surface area (Å²) < 4.78 is 50.2. The third kappa shape index (κ3) is 4.59. The van der Waals surface area contributed by atoms with Gasteiger partial charge in [0.25, 0.3) is 0 Å². The molecule has 8 heteroatoms. The molecule has 1 N–H and O–H groups in total. The van der Waals surface area contributed by atoms with Crippen LogP contribution >= 0.6 is 0 Å². The van der Waals surface area contributed by atoms with Crippen molar-refractivity contribution >= 4 is 11.7 Å². The van der Waals surface area contributed by atoms with E-state index in [0.29, 0.717) is 0 Å². The number of carbonyl (C=O) groups excluding carboxylic acids is 1. The summed E-state index contributed by atoms with van der Waals surface area (Å²) in [5, 5.41) is 2.41. The number of alkyl halides is 3. The molecule has 21 heavy (non-hydrogen) atoms. The molecule has 2 amide bonds. The number of urea groups is 1. The zero-order valence-corrected chi connectivity index (χ0v) is 11.2. The maximum absolute atomic E-state index is 13.4. The lowest BCUT2D eigenvalue weighted by Gasteiger charge is -2.34. The van der Waals surface area contributed by atoms with E-state index in [1.165, 1.54) is 28.0 Å². The van der Waals surface area contributed by atoms with Crippen molar-refractivity contribution in [2.24, 2.45) is 0 Å². The molecule has 1 aromatic rings. The number of nitrogens with zero attached hydrogens (tertiary/aromatic N) is 2. The summed E-state index contributed by atoms with van der Waals surface area (Å²) in [5.74, 6) is -0.554. The van der Waals surface area contributed by atoms with Crippen LogP contribution in [0.15, 0.2) is 24.3 Å². The zero-order valence-electron chi connectivity index (χ0n) is 11.2. The summed E-state index contributed by atoms with van der Waals surface area (Å²) in [6, 6.07) is 5.22. The van der Waals surface area contributed by atoms with Gasteiger partial charge in [-0.2, -0.15) is 13.2 Å². The molecule has 0 unspecified atom stereocenters. The van der Waals surface area contributed by atoms with Gasteiger partial charge in [0.15, 0.2) is 0 Å². The number of rotatable bonds is 2. The molecule has 0 atom stereocenters. The van der Waals surface area contributed by atoms with Gasteiger partial charge >= 0.3 is 12.2 Å². The number of piperazine rings is 1. The number of anilines is 1. The van der Waals surface area contributed by atoms with Crippen LogP contribution in [0.3, 0.4) is 0 Å². The third-order valence-corrected chi connectivity index (χ3v) is 3.18. The van der Waals surface area contributed by atoms with E-state index in [1.807, 2.05) is 0 Å². The predicted octanol–water partition coefficient (Wildman–Crippen LogP) is 2.54. The molecule has 0 aromatic heterocycles. The van der Waals surface area contributed by atoms with E-state index in [2.05, 4.69) is 5.32 Å². The minimum absolute atomic E-state index is 0.0558. The molecule has 1 aliphatic heterocycles. The molecular formula is C13H15F4N3O. The maximum atomic E-state index is 13.4. The van der Waals surface area contributed by atoms with Crippen LogP contribution in [-0.4, -0.2) is 54.7 Å². The van der Waals surface area contributed by atoms with Crippen molar-refractivity contribution in [1.29, 1.82) is 0 Å². The lowest BCUT2D eigenvalue weighted by Crippen LogP contribution is -2.52. The van der Waals surface area contributed by atoms with E-state index in [0.717, 1.165) is 0 Å². The highest BCUT2D eigenvalue weighted by molar-refractivity contribution is 5.89. The van der Waals surface area contributed by atoms with Gasteiger partial charge < -0.3 is 10.2 Å². The van der Waals surface area contributed by atoms with Crippen molar-refractivity contribution < 1.29 is 22.4 Å². The van der Waals surface area contributed by atoms with Crippen LogP contribution in [0.2, 0.25) is 0 Å². The Bertz CT molecular complexity index is 498.